The first-order chi connectivity index (χ1) is 15.2. The van der Waals surface area contributed by atoms with E-state index in [0.29, 0.717) is 28.9 Å². The van der Waals surface area contributed by atoms with Crippen molar-refractivity contribution in [1.29, 1.82) is 0 Å². The van der Waals surface area contributed by atoms with Crippen molar-refractivity contribution in [2.75, 3.05) is 6.54 Å². The number of carbonyl (C=O) groups excluding carboxylic acids is 1. The van der Waals surface area contributed by atoms with Gasteiger partial charge in [-0.05, 0) is 26.0 Å². The fraction of sp³-hybridized carbons (Fsp3) is 0.304. The molecule has 0 saturated carbocycles. The van der Waals surface area contributed by atoms with Gasteiger partial charge in [0.15, 0.2) is 5.49 Å². The van der Waals surface area contributed by atoms with Crippen molar-refractivity contribution < 1.29 is 18.0 Å². The molecule has 1 aromatic carbocycles. The Bertz CT molecular complexity index is 1250. The number of fused-ring (bicyclic) bond motifs is 1. The van der Waals surface area contributed by atoms with Crippen molar-refractivity contribution in [1.82, 2.24) is 19.9 Å². The summed E-state index contributed by atoms with van der Waals surface area (Å²) in [5.41, 5.74) is 1.19. The van der Waals surface area contributed by atoms with E-state index in [2.05, 4.69) is 20.3 Å². The average Bonchev–Trinajstić information content (AvgIpc) is 2.74. The lowest BCUT2D eigenvalue weighted by atomic mass is 10.0. The molecule has 0 aliphatic rings. The van der Waals surface area contributed by atoms with Gasteiger partial charge in [0.2, 0.25) is 5.91 Å². The SMILES string of the molecule is CC(=O)NCC=Cc1cc2c(=N[C@H](C)c3cccc(C(F)F)c3F)nc(C)n(C)c2cn1. The number of carbonyl (C=O) groups is 1. The minimum Gasteiger partial charge on any atom is -0.353 e. The number of hydrogen-bond acceptors (Lipinski definition) is 4. The van der Waals surface area contributed by atoms with Crippen molar-refractivity contribution in [3.63, 3.8) is 0 Å². The summed E-state index contributed by atoms with van der Waals surface area (Å²) in [6.45, 7) is 5.25. The van der Waals surface area contributed by atoms with E-state index in [1.54, 1.807) is 31.3 Å². The Morgan fingerprint density at radius 1 is 1.31 bits per heavy atom. The van der Waals surface area contributed by atoms with Crippen LogP contribution in [-0.2, 0) is 11.8 Å². The molecule has 3 rings (SSSR count). The Morgan fingerprint density at radius 3 is 2.72 bits per heavy atom. The molecule has 0 aliphatic carbocycles. The highest BCUT2D eigenvalue weighted by Gasteiger charge is 2.19. The number of pyridine rings is 1. The monoisotopic (exact) mass is 443 g/mol. The van der Waals surface area contributed by atoms with Crippen LogP contribution in [0.15, 0.2) is 41.5 Å². The molecule has 1 amide bonds. The molecule has 168 valence electrons. The summed E-state index contributed by atoms with van der Waals surface area (Å²) in [6, 6.07) is 4.98. The molecule has 0 saturated heterocycles. The molecule has 6 nitrogen and oxygen atoms in total. The Kier molecular flexibility index (Phi) is 7.07. The maximum Gasteiger partial charge on any atom is 0.266 e. The van der Waals surface area contributed by atoms with Crippen LogP contribution in [0.5, 0.6) is 0 Å². The summed E-state index contributed by atoms with van der Waals surface area (Å²) in [5.74, 6) is -0.420. The number of nitrogens with zero attached hydrogens (tertiary/aromatic N) is 4. The summed E-state index contributed by atoms with van der Waals surface area (Å²) in [6.07, 6.45) is 2.30. The molecule has 2 heterocycles. The number of aromatic nitrogens is 3. The van der Waals surface area contributed by atoms with Crippen molar-refractivity contribution in [3.05, 3.63) is 70.5 Å². The van der Waals surface area contributed by atoms with Gasteiger partial charge in [0.05, 0.1) is 29.0 Å². The molecule has 1 atom stereocenters. The van der Waals surface area contributed by atoms with E-state index in [-0.39, 0.29) is 11.5 Å². The molecule has 0 spiro atoms. The van der Waals surface area contributed by atoms with E-state index in [4.69, 9.17) is 0 Å². The number of alkyl halides is 2. The number of amides is 1. The number of nitrogens with one attached hydrogen (secondary N) is 1. The zero-order valence-corrected chi connectivity index (χ0v) is 18.2. The average molecular weight is 443 g/mol. The van der Waals surface area contributed by atoms with Crippen LogP contribution in [-0.4, -0.2) is 27.0 Å². The third-order valence-electron chi connectivity index (χ3n) is 5.08. The second kappa shape index (κ2) is 9.76. The van der Waals surface area contributed by atoms with Crippen molar-refractivity contribution >= 4 is 22.9 Å². The Morgan fingerprint density at radius 2 is 2.03 bits per heavy atom. The number of hydrogen-bond donors (Lipinski definition) is 1. The Labute approximate surface area is 183 Å². The molecule has 0 bridgehead atoms. The molecular weight excluding hydrogens is 419 g/mol. The fourth-order valence-corrected chi connectivity index (χ4v) is 3.26. The first kappa shape index (κ1) is 23.2. The summed E-state index contributed by atoms with van der Waals surface area (Å²) in [5, 5.41) is 3.35. The van der Waals surface area contributed by atoms with Gasteiger partial charge >= 0.3 is 0 Å². The largest absolute Gasteiger partial charge is 0.353 e. The van der Waals surface area contributed by atoms with Crippen LogP contribution in [0.2, 0.25) is 0 Å². The van der Waals surface area contributed by atoms with Crippen molar-refractivity contribution in [2.24, 2.45) is 12.0 Å². The van der Waals surface area contributed by atoms with Gasteiger partial charge in [-0.15, -0.1) is 0 Å². The lowest BCUT2D eigenvalue weighted by Gasteiger charge is -2.13. The van der Waals surface area contributed by atoms with E-state index < -0.39 is 23.8 Å². The molecule has 1 N–H and O–H groups in total. The van der Waals surface area contributed by atoms with Gasteiger partial charge in [0.1, 0.15) is 11.6 Å². The Hall–Kier alpha value is -3.49. The maximum atomic E-state index is 14.6. The minimum atomic E-state index is -2.91. The number of aryl methyl sites for hydroxylation is 2. The molecule has 0 fully saturated rings. The lowest BCUT2D eigenvalue weighted by molar-refractivity contribution is -0.118. The topological polar surface area (TPSA) is 72.2 Å². The van der Waals surface area contributed by atoms with Crippen LogP contribution >= 0.6 is 0 Å². The maximum absolute atomic E-state index is 14.6. The molecule has 9 heteroatoms. The second-order valence-corrected chi connectivity index (χ2v) is 7.36. The third-order valence-corrected chi connectivity index (χ3v) is 5.08. The first-order valence-electron chi connectivity index (χ1n) is 10.0. The molecule has 0 unspecified atom stereocenters. The van der Waals surface area contributed by atoms with Crippen LogP contribution in [0.4, 0.5) is 13.2 Å². The first-order valence-corrected chi connectivity index (χ1v) is 10.0. The van der Waals surface area contributed by atoms with Crippen LogP contribution < -0.4 is 10.8 Å². The van der Waals surface area contributed by atoms with E-state index in [1.807, 2.05) is 18.5 Å². The molecule has 0 radical (unpaired) electrons. The number of halogens is 3. The quantitative estimate of drug-likeness (QED) is 0.622. The normalized spacial score (nSPS) is 13.3. The van der Waals surface area contributed by atoms with Gasteiger partial charge in [-0.25, -0.2) is 18.2 Å². The van der Waals surface area contributed by atoms with E-state index in [9.17, 15) is 18.0 Å². The van der Waals surface area contributed by atoms with E-state index >= 15 is 0 Å². The molecule has 2 aromatic heterocycles. The summed E-state index contributed by atoms with van der Waals surface area (Å²) in [4.78, 5) is 24.5. The predicted octanol–water partition coefficient (Wildman–Crippen LogP) is 4.16. The predicted molar refractivity (Wildman–Crippen MR) is 116 cm³/mol. The highest BCUT2D eigenvalue weighted by molar-refractivity contribution is 5.79. The van der Waals surface area contributed by atoms with Crippen molar-refractivity contribution in [2.45, 2.75) is 33.2 Å². The highest BCUT2D eigenvalue weighted by Crippen LogP contribution is 2.28. The zero-order valence-electron chi connectivity index (χ0n) is 18.2. The van der Waals surface area contributed by atoms with E-state index in [1.165, 1.54) is 19.1 Å². The highest BCUT2D eigenvalue weighted by atomic mass is 19.3. The van der Waals surface area contributed by atoms with Crippen LogP contribution in [0.3, 0.4) is 0 Å². The zero-order chi connectivity index (χ0) is 23.4. The van der Waals surface area contributed by atoms with Crippen molar-refractivity contribution in [3.8, 4) is 0 Å². The van der Waals surface area contributed by atoms with E-state index in [0.717, 1.165) is 11.6 Å². The summed E-state index contributed by atoms with van der Waals surface area (Å²) < 4.78 is 42.7. The minimum absolute atomic E-state index is 0.0770. The number of rotatable bonds is 6. The standard InChI is InChI=1S/C23H24F3N5O/c1-13(17-8-5-9-18(21(17)24)22(25)26)29-23-19-11-16(7-6-10-27-15(3)32)28-12-20(19)31(4)14(2)30-23/h5-9,11-13,22H,10H2,1-4H3,(H,27,32)/t13-/m1/s1. The second-order valence-electron chi connectivity index (χ2n) is 7.36. The smallest absolute Gasteiger partial charge is 0.266 e. The molecular formula is C23H24F3N5O. The van der Waals surface area contributed by atoms with Gasteiger partial charge in [0.25, 0.3) is 6.43 Å². The van der Waals surface area contributed by atoms with Gasteiger partial charge < -0.3 is 9.88 Å². The number of benzene rings is 1. The Balaban J connectivity index is 2.09. The van der Waals surface area contributed by atoms with Gasteiger partial charge in [0, 0.05) is 31.5 Å². The lowest BCUT2D eigenvalue weighted by Crippen LogP contribution is -2.19. The van der Waals surface area contributed by atoms with Gasteiger partial charge in [-0.3, -0.25) is 14.8 Å². The summed E-state index contributed by atoms with van der Waals surface area (Å²) >= 11 is 0. The molecule has 3 aromatic rings. The van der Waals surface area contributed by atoms with Gasteiger partial charge in [-0.1, -0.05) is 24.3 Å². The fourth-order valence-electron chi connectivity index (χ4n) is 3.26. The molecule has 32 heavy (non-hydrogen) atoms. The van der Waals surface area contributed by atoms with Crippen LogP contribution in [0.1, 0.15) is 49.0 Å². The van der Waals surface area contributed by atoms with Crippen LogP contribution in [0, 0.1) is 12.7 Å². The third kappa shape index (κ3) is 5.04. The van der Waals surface area contributed by atoms with Crippen LogP contribution in [0.25, 0.3) is 17.0 Å². The summed E-state index contributed by atoms with van der Waals surface area (Å²) in [7, 11) is 1.84. The van der Waals surface area contributed by atoms with Gasteiger partial charge in [-0.2, -0.15) is 0 Å². The molecule has 0 aliphatic heterocycles.